The summed E-state index contributed by atoms with van der Waals surface area (Å²) >= 11 is 3.04. The van der Waals surface area contributed by atoms with Crippen molar-refractivity contribution in [2.45, 2.75) is 18.9 Å². The van der Waals surface area contributed by atoms with E-state index in [1.54, 1.807) is 29.5 Å². The SMILES string of the molecule is COc1cc(/C=c2\sc3n(c2=O)[C@@H](c2cccs2)C2=C(N=3)c3ccccc3CC2)cc(OC)c1O. The number of fused-ring (bicyclic) bond motifs is 3. The molecule has 176 valence electrons. The number of benzene rings is 2. The Hall–Kier alpha value is -3.62. The summed E-state index contributed by atoms with van der Waals surface area (Å²) in [5.41, 5.74) is 5.25. The van der Waals surface area contributed by atoms with E-state index >= 15 is 0 Å². The molecule has 2 aromatic carbocycles. The first-order valence-electron chi connectivity index (χ1n) is 11.2. The van der Waals surface area contributed by atoms with E-state index in [1.807, 2.05) is 16.7 Å². The molecule has 1 atom stereocenters. The van der Waals surface area contributed by atoms with Gasteiger partial charge in [0.15, 0.2) is 16.3 Å². The minimum Gasteiger partial charge on any atom is -0.502 e. The van der Waals surface area contributed by atoms with Gasteiger partial charge in [0.05, 0.1) is 30.5 Å². The lowest BCUT2D eigenvalue weighted by Crippen LogP contribution is -2.38. The van der Waals surface area contributed by atoms with E-state index < -0.39 is 0 Å². The van der Waals surface area contributed by atoms with Crippen molar-refractivity contribution in [2.75, 3.05) is 14.2 Å². The van der Waals surface area contributed by atoms with Gasteiger partial charge in [0.25, 0.3) is 5.56 Å². The first-order valence-corrected chi connectivity index (χ1v) is 12.9. The number of hydrogen-bond acceptors (Lipinski definition) is 7. The van der Waals surface area contributed by atoms with Crippen LogP contribution in [0.2, 0.25) is 0 Å². The molecule has 0 saturated heterocycles. The Morgan fingerprint density at radius 3 is 2.57 bits per heavy atom. The summed E-state index contributed by atoms with van der Waals surface area (Å²) in [6.07, 6.45) is 3.61. The van der Waals surface area contributed by atoms with E-state index in [9.17, 15) is 9.90 Å². The number of phenols is 1. The summed E-state index contributed by atoms with van der Waals surface area (Å²) < 4.78 is 13.0. The maximum atomic E-state index is 13.8. The monoisotopic (exact) mass is 502 g/mol. The topological polar surface area (TPSA) is 73.1 Å². The van der Waals surface area contributed by atoms with Crippen molar-refractivity contribution in [3.8, 4) is 17.2 Å². The van der Waals surface area contributed by atoms with E-state index in [4.69, 9.17) is 14.5 Å². The van der Waals surface area contributed by atoms with E-state index in [1.165, 1.54) is 36.7 Å². The standard InChI is InChI=1S/C27H22N2O4S2/c1-32-19-12-15(13-20(33-2)25(19)30)14-22-26(31)29-24(21-8-5-11-34-21)18-10-9-16-6-3-4-7-17(16)23(18)28-27(29)35-22/h3-8,11-14,24,30H,9-10H2,1-2H3/b22-14-/t24-/m1/s1. The number of nitrogens with zero attached hydrogens (tertiary/aromatic N) is 2. The van der Waals surface area contributed by atoms with Gasteiger partial charge in [-0.3, -0.25) is 9.36 Å². The highest BCUT2D eigenvalue weighted by Crippen LogP contribution is 2.42. The number of phenolic OH excluding ortho intramolecular Hbond substituents is 1. The van der Waals surface area contributed by atoms with E-state index in [2.05, 4.69) is 29.6 Å². The van der Waals surface area contributed by atoms with Crippen LogP contribution < -0.4 is 24.4 Å². The van der Waals surface area contributed by atoms with Crippen molar-refractivity contribution < 1.29 is 14.6 Å². The van der Waals surface area contributed by atoms with Crippen LogP contribution in [-0.2, 0) is 6.42 Å². The fourth-order valence-corrected chi connectivity index (χ4v) is 6.72. The lowest BCUT2D eigenvalue weighted by Gasteiger charge is -2.30. The molecule has 2 aliphatic rings. The number of aromatic hydroxyl groups is 1. The van der Waals surface area contributed by atoms with Gasteiger partial charge in [-0.05, 0) is 59.2 Å². The van der Waals surface area contributed by atoms with Crippen molar-refractivity contribution in [1.29, 1.82) is 0 Å². The van der Waals surface area contributed by atoms with Crippen LogP contribution in [-0.4, -0.2) is 23.9 Å². The van der Waals surface area contributed by atoms with Gasteiger partial charge in [0.1, 0.15) is 0 Å². The van der Waals surface area contributed by atoms with Gasteiger partial charge in [-0.1, -0.05) is 41.7 Å². The number of hydrogen-bond donors (Lipinski definition) is 1. The quantitative estimate of drug-likeness (QED) is 0.456. The van der Waals surface area contributed by atoms with Crippen LogP contribution in [0.5, 0.6) is 17.2 Å². The smallest absolute Gasteiger partial charge is 0.271 e. The van der Waals surface area contributed by atoms with Gasteiger partial charge < -0.3 is 14.6 Å². The number of ether oxygens (including phenoxy) is 2. The Kier molecular flexibility index (Phi) is 5.35. The maximum Gasteiger partial charge on any atom is 0.271 e. The molecule has 35 heavy (non-hydrogen) atoms. The molecule has 0 fully saturated rings. The van der Waals surface area contributed by atoms with E-state index in [0.29, 0.717) is 14.9 Å². The summed E-state index contributed by atoms with van der Waals surface area (Å²) in [6.45, 7) is 0. The number of thiazole rings is 1. The second-order valence-electron chi connectivity index (χ2n) is 8.40. The molecular weight excluding hydrogens is 480 g/mol. The Morgan fingerprint density at radius 1 is 1.09 bits per heavy atom. The molecule has 0 amide bonds. The molecule has 6 nitrogen and oxygen atoms in total. The first-order chi connectivity index (χ1) is 17.1. The molecule has 0 spiro atoms. The largest absolute Gasteiger partial charge is 0.502 e. The zero-order chi connectivity index (χ0) is 24.1. The van der Waals surface area contributed by atoms with Crippen LogP contribution in [0.25, 0.3) is 11.8 Å². The highest BCUT2D eigenvalue weighted by molar-refractivity contribution is 7.10. The van der Waals surface area contributed by atoms with Crippen molar-refractivity contribution >= 4 is 34.4 Å². The van der Waals surface area contributed by atoms with Crippen molar-refractivity contribution in [1.82, 2.24) is 4.57 Å². The Morgan fingerprint density at radius 2 is 1.86 bits per heavy atom. The van der Waals surface area contributed by atoms with Crippen LogP contribution >= 0.6 is 22.7 Å². The fourth-order valence-electron chi connectivity index (χ4n) is 4.87. The molecule has 1 N–H and O–H groups in total. The molecule has 1 aliphatic carbocycles. The van der Waals surface area contributed by atoms with Gasteiger partial charge >= 0.3 is 0 Å². The van der Waals surface area contributed by atoms with E-state index in [0.717, 1.165) is 29.0 Å². The molecule has 8 heteroatoms. The molecule has 2 aromatic heterocycles. The molecule has 0 unspecified atom stereocenters. The van der Waals surface area contributed by atoms with Crippen LogP contribution in [0.4, 0.5) is 0 Å². The molecule has 0 bridgehead atoms. The zero-order valence-corrected chi connectivity index (χ0v) is 20.8. The van der Waals surface area contributed by atoms with Gasteiger partial charge in [-0.2, -0.15) is 0 Å². The third kappa shape index (κ3) is 3.52. The predicted molar refractivity (Wildman–Crippen MR) is 138 cm³/mol. The summed E-state index contributed by atoms with van der Waals surface area (Å²) in [7, 11) is 2.96. The average Bonchev–Trinajstić information content (AvgIpc) is 3.52. The number of methoxy groups -OCH3 is 2. The fraction of sp³-hybridized carbons (Fsp3) is 0.185. The van der Waals surface area contributed by atoms with Crippen LogP contribution in [0.1, 0.15) is 34.0 Å². The Bertz CT molecular complexity index is 1640. The van der Waals surface area contributed by atoms with Crippen LogP contribution in [0.15, 0.2) is 69.3 Å². The molecule has 4 aromatic rings. The third-order valence-corrected chi connectivity index (χ3v) is 8.39. The van der Waals surface area contributed by atoms with Crippen molar-refractivity contribution in [3.05, 3.63) is 101 Å². The second kappa shape index (κ2) is 8.55. The number of thiophene rings is 1. The van der Waals surface area contributed by atoms with Gasteiger partial charge in [-0.15, -0.1) is 11.3 Å². The number of aromatic nitrogens is 1. The highest BCUT2D eigenvalue weighted by Gasteiger charge is 2.33. The molecule has 1 aliphatic heterocycles. The average molecular weight is 503 g/mol. The first kappa shape index (κ1) is 21.9. The van der Waals surface area contributed by atoms with Crippen LogP contribution in [0.3, 0.4) is 0 Å². The highest BCUT2D eigenvalue weighted by atomic mass is 32.1. The molecule has 0 saturated carbocycles. The molecule has 0 radical (unpaired) electrons. The molecule has 6 rings (SSSR count). The minimum atomic E-state index is -0.166. The normalized spacial score (nSPS) is 16.9. The van der Waals surface area contributed by atoms with Gasteiger partial charge in [-0.25, -0.2) is 4.99 Å². The predicted octanol–water partition coefficient (Wildman–Crippen LogP) is 4.10. The summed E-state index contributed by atoms with van der Waals surface area (Å²) in [6, 6.07) is 15.7. The summed E-state index contributed by atoms with van der Waals surface area (Å²) in [4.78, 5) is 20.6. The maximum absolute atomic E-state index is 13.8. The summed E-state index contributed by atoms with van der Waals surface area (Å²) in [5, 5.41) is 12.3. The lowest BCUT2D eigenvalue weighted by atomic mass is 9.85. The third-order valence-electron chi connectivity index (χ3n) is 6.49. The second-order valence-corrected chi connectivity index (χ2v) is 10.4. The number of rotatable bonds is 4. The zero-order valence-electron chi connectivity index (χ0n) is 19.1. The minimum absolute atomic E-state index is 0.0716. The Balaban J connectivity index is 1.59. The molecule has 3 heterocycles. The van der Waals surface area contributed by atoms with Crippen LogP contribution in [0, 0.1) is 0 Å². The van der Waals surface area contributed by atoms with E-state index in [-0.39, 0.29) is 28.8 Å². The summed E-state index contributed by atoms with van der Waals surface area (Å²) in [5.74, 6) is 0.497. The Labute approximate surface area is 209 Å². The van der Waals surface area contributed by atoms with Gasteiger partial charge in [0, 0.05) is 10.4 Å². The number of aryl methyl sites for hydroxylation is 1. The molecular formula is C27H22N2O4S2. The number of allylic oxidation sites excluding steroid dienone is 1. The van der Waals surface area contributed by atoms with Gasteiger partial charge in [0.2, 0.25) is 5.75 Å². The van der Waals surface area contributed by atoms with Crippen molar-refractivity contribution in [3.63, 3.8) is 0 Å². The van der Waals surface area contributed by atoms with Crippen molar-refractivity contribution in [2.24, 2.45) is 4.99 Å². The lowest BCUT2D eigenvalue weighted by molar-refractivity contribution is 0.340.